The van der Waals surface area contributed by atoms with E-state index in [-0.39, 0.29) is 5.91 Å². The Labute approximate surface area is 163 Å². The largest absolute Gasteiger partial charge is 0.493 e. The second-order valence-corrected chi connectivity index (χ2v) is 7.10. The highest BCUT2D eigenvalue weighted by atomic mass is 79.9. The highest BCUT2D eigenvalue weighted by Gasteiger charge is 2.16. The number of nitrogens with one attached hydrogen (secondary N) is 1. The molecule has 0 spiro atoms. The van der Waals surface area contributed by atoms with Gasteiger partial charge >= 0.3 is 0 Å². The summed E-state index contributed by atoms with van der Waals surface area (Å²) in [4.78, 5) is 11.1. The van der Waals surface area contributed by atoms with Gasteiger partial charge in [-0.2, -0.15) is 5.10 Å². The van der Waals surface area contributed by atoms with Crippen LogP contribution in [-0.2, 0) is 11.4 Å². The molecular formula is C18H16BrN3O3S. The van der Waals surface area contributed by atoms with Crippen molar-refractivity contribution in [2.24, 2.45) is 10.2 Å². The highest BCUT2D eigenvalue weighted by Crippen LogP contribution is 2.29. The van der Waals surface area contributed by atoms with Gasteiger partial charge in [-0.15, -0.1) is 5.10 Å². The fourth-order valence-electron chi connectivity index (χ4n) is 2.18. The van der Waals surface area contributed by atoms with Crippen LogP contribution in [0.25, 0.3) is 0 Å². The topological polar surface area (TPSA) is 72.3 Å². The van der Waals surface area contributed by atoms with Gasteiger partial charge in [-0.1, -0.05) is 45.9 Å². The monoisotopic (exact) mass is 433 g/mol. The molecule has 1 amide bonds. The summed E-state index contributed by atoms with van der Waals surface area (Å²) in [6.45, 7) is 0.426. The summed E-state index contributed by atoms with van der Waals surface area (Å²) in [5, 5.41) is 11.1. The van der Waals surface area contributed by atoms with Crippen molar-refractivity contribution in [3.05, 3.63) is 58.1 Å². The number of ether oxygens (including phenoxy) is 2. The Bertz CT molecular complexity index is 871. The lowest BCUT2D eigenvalue weighted by Gasteiger charge is -2.12. The number of carbonyl (C=O) groups excluding carboxylic acids is 1. The van der Waals surface area contributed by atoms with Gasteiger partial charge < -0.3 is 14.8 Å². The van der Waals surface area contributed by atoms with Crippen LogP contribution in [0, 0.1) is 0 Å². The lowest BCUT2D eigenvalue weighted by molar-refractivity contribution is -0.116. The minimum atomic E-state index is -0.0582. The van der Waals surface area contributed by atoms with Crippen LogP contribution in [0.4, 0.5) is 0 Å². The van der Waals surface area contributed by atoms with Crippen LogP contribution < -0.4 is 14.8 Å². The molecule has 0 aromatic heterocycles. The Morgan fingerprint density at radius 1 is 1.27 bits per heavy atom. The van der Waals surface area contributed by atoms with Crippen molar-refractivity contribution in [1.29, 1.82) is 0 Å². The summed E-state index contributed by atoms with van der Waals surface area (Å²) >= 11 is 4.84. The number of nitrogens with zero attached hydrogens (tertiary/aromatic N) is 2. The minimum absolute atomic E-state index is 0.0582. The lowest BCUT2D eigenvalue weighted by Crippen LogP contribution is -2.19. The van der Waals surface area contributed by atoms with E-state index in [1.165, 1.54) is 11.8 Å². The Balaban J connectivity index is 1.67. The number of hydrogen-bond donors (Lipinski definition) is 1. The van der Waals surface area contributed by atoms with Crippen LogP contribution in [0.1, 0.15) is 11.1 Å². The molecule has 2 aromatic rings. The third-order valence-corrected chi connectivity index (χ3v) is 5.11. The Morgan fingerprint density at radius 3 is 2.85 bits per heavy atom. The average Bonchev–Trinajstić information content (AvgIpc) is 3.06. The quantitative estimate of drug-likeness (QED) is 0.557. The molecule has 0 atom stereocenters. The second kappa shape index (κ2) is 8.86. The summed E-state index contributed by atoms with van der Waals surface area (Å²) < 4.78 is 12.3. The molecule has 26 heavy (non-hydrogen) atoms. The summed E-state index contributed by atoms with van der Waals surface area (Å²) in [6, 6.07) is 13.4. The highest BCUT2D eigenvalue weighted by molar-refractivity contribution is 9.10. The predicted octanol–water partition coefficient (Wildman–Crippen LogP) is 3.59. The molecule has 134 valence electrons. The molecule has 2 aromatic carbocycles. The molecule has 6 nitrogen and oxygen atoms in total. The van der Waals surface area contributed by atoms with Crippen LogP contribution in [0.5, 0.6) is 11.5 Å². The first-order chi connectivity index (χ1) is 12.7. The molecule has 0 bridgehead atoms. The molecule has 0 aliphatic carbocycles. The number of amidine groups is 1. The number of rotatable bonds is 6. The van der Waals surface area contributed by atoms with E-state index in [1.54, 1.807) is 13.3 Å². The number of halogens is 1. The first-order valence-electron chi connectivity index (χ1n) is 7.73. The van der Waals surface area contributed by atoms with E-state index in [9.17, 15) is 4.79 Å². The number of carbonyl (C=O) groups is 1. The predicted molar refractivity (Wildman–Crippen MR) is 107 cm³/mol. The number of amides is 1. The number of hydrogen-bond acceptors (Lipinski definition) is 6. The smallest absolute Gasteiger partial charge is 0.236 e. The van der Waals surface area contributed by atoms with Crippen LogP contribution in [0.3, 0.4) is 0 Å². The summed E-state index contributed by atoms with van der Waals surface area (Å²) in [7, 11) is 1.59. The maximum atomic E-state index is 11.1. The third kappa shape index (κ3) is 4.86. The van der Waals surface area contributed by atoms with Crippen molar-refractivity contribution < 1.29 is 14.3 Å². The van der Waals surface area contributed by atoms with Gasteiger partial charge in [0.15, 0.2) is 16.7 Å². The molecule has 0 unspecified atom stereocenters. The van der Waals surface area contributed by atoms with Crippen LogP contribution in [-0.4, -0.2) is 30.2 Å². The minimum Gasteiger partial charge on any atom is -0.493 e. The molecule has 0 saturated carbocycles. The molecule has 1 fully saturated rings. The molecule has 8 heteroatoms. The van der Waals surface area contributed by atoms with Crippen LogP contribution in [0.2, 0.25) is 0 Å². The molecule has 1 aliphatic rings. The van der Waals surface area contributed by atoms with E-state index in [2.05, 4.69) is 31.4 Å². The molecule has 1 saturated heterocycles. The molecule has 0 radical (unpaired) electrons. The Morgan fingerprint density at radius 2 is 2.12 bits per heavy atom. The van der Waals surface area contributed by atoms with Gasteiger partial charge in [-0.25, -0.2) is 0 Å². The van der Waals surface area contributed by atoms with Crippen LogP contribution >= 0.6 is 27.7 Å². The van der Waals surface area contributed by atoms with E-state index < -0.39 is 0 Å². The van der Waals surface area contributed by atoms with Gasteiger partial charge in [-0.05, 0) is 29.8 Å². The Kier molecular flexibility index (Phi) is 6.30. The molecule has 1 N–H and O–H groups in total. The van der Waals surface area contributed by atoms with E-state index in [1.807, 2.05) is 42.5 Å². The summed E-state index contributed by atoms with van der Waals surface area (Å²) in [5.74, 6) is 1.57. The maximum absolute atomic E-state index is 11.1. The van der Waals surface area contributed by atoms with Crippen molar-refractivity contribution in [2.75, 3.05) is 12.9 Å². The van der Waals surface area contributed by atoms with E-state index in [0.29, 0.717) is 29.0 Å². The SMILES string of the molecule is COc1cc(C=NN=C2NC(=O)CS2)ccc1OCc1ccccc1Br. The van der Waals surface area contributed by atoms with E-state index in [0.717, 1.165) is 15.6 Å². The Hall–Kier alpha value is -2.32. The van der Waals surface area contributed by atoms with Crippen molar-refractivity contribution in [3.63, 3.8) is 0 Å². The average molecular weight is 434 g/mol. The van der Waals surface area contributed by atoms with Gasteiger partial charge in [-0.3, -0.25) is 4.79 Å². The normalized spacial score (nSPS) is 15.5. The first-order valence-corrected chi connectivity index (χ1v) is 9.51. The van der Waals surface area contributed by atoms with Crippen molar-refractivity contribution in [1.82, 2.24) is 5.32 Å². The summed E-state index contributed by atoms with van der Waals surface area (Å²) in [6.07, 6.45) is 1.60. The number of methoxy groups -OCH3 is 1. The van der Waals surface area contributed by atoms with E-state index in [4.69, 9.17) is 9.47 Å². The fourth-order valence-corrected chi connectivity index (χ4v) is 3.21. The standard InChI is InChI=1S/C18H16BrN3O3S/c1-24-16-8-12(9-20-22-18-21-17(23)11-26-18)6-7-15(16)25-10-13-4-2-3-5-14(13)19/h2-9H,10-11H2,1H3,(H,21,22,23). The van der Waals surface area contributed by atoms with Gasteiger partial charge in [0.05, 0.1) is 19.1 Å². The zero-order valence-electron chi connectivity index (χ0n) is 13.9. The second-order valence-electron chi connectivity index (χ2n) is 5.28. The lowest BCUT2D eigenvalue weighted by atomic mass is 10.2. The van der Waals surface area contributed by atoms with Gasteiger partial charge in [0, 0.05) is 10.0 Å². The molecule has 1 aliphatic heterocycles. The van der Waals surface area contributed by atoms with Crippen molar-refractivity contribution >= 4 is 45.0 Å². The third-order valence-electron chi connectivity index (χ3n) is 3.47. The molecule has 1 heterocycles. The molecular weight excluding hydrogens is 418 g/mol. The van der Waals surface area contributed by atoms with E-state index >= 15 is 0 Å². The van der Waals surface area contributed by atoms with Gasteiger partial charge in [0.25, 0.3) is 0 Å². The van der Waals surface area contributed by atoms with Crippen molar-refractivity contribution in [2.45, 2.75) is 6.61 Å². The molecule has 3 rings (SSSR count). The maximum Gasteiger partial charge on any atom is 0.236 e. The number of thioether (sulfide) groups is 1. The first kappa shape index (κ1) is 18.5. The van der Waals surface area contributed by atoms with Gasteiger partial charge in [0.2, 0.25) is 5.91 Å². The number of benzene rings is 2. The zero-order valence-corrected chi connectivity index (χ0v) is 16.3. The van der Waals surface area contributed by atoms with Gasteiger partial charge in [0.1, 0.15) is 6.61 Å². The fraction of sp³-hybridized carbons (Fsp3) is 0.167. The summed E-state index contributed by atoms with van der Waals surface area (Å²) in [5.41, 5.74) is 1.86. The van der Waals surface area contributed by atoms with Crippen molar-refractivity contribution in [3.8, 4) is 11.5 Å². The zero-order chi connectivity index (χ0) is 18.4. The van der Waals surface area contributed by atoms with Crippen LogP contribution in [0.15, 0.2) is 57.1 Å².